The highest BCUT2D eigenvalue weighted by molar-refractivity contribution is 9.10. The fourth-order valence-electron chi connectivity index (χ4n) is 1.54. The summed E-state index contributed by atoms with van der Waals surface area (Å²) in [7, 11) is 0. The van der Waals surface area contributed by atoms with Crippen LogP contribution in [0.3, 0.4) is 0 Å². The number of hydrogen-bond acceptors (Lipinski definition) is 2. The van der Waals surface area contributed by atoms with Crippen LogP contribution in [0.5, 0.6) is 0 Å². The standard InChI is InChI=1S/C13H8BrF2NO/c14-10-5-4-7(17)6-9(10)13(18)8-2-1-3-11(15)12(8)16/h1-6H,17H2. The van der Waals surface area contributed by atoms with Crippen LogP contribution in [-0.4, -0.2) is 5.78 Å². The molecule has 0 aliphatic rings. The van der Waals surface area contributed by atoms with Crippen LogP contribution in [0, 0.1) is 11.6 Å². The van der Waals surface area contributed by atoms with E-state index in [2.05, 4.69) is 15.9 Å². The summed E-state index contributed by atoms with van der Waals surface area (Å²) in [5.74, 6) is -2.83. The molecule has 2 aromatic rings. The fraction of sp³-hybridized carbons (Fsp3) is 0. The molecule has 0 saturated heterocycles. The Kier molecular flexibility index (Phi) is 3.43. The zero-order valence-electron chi connectivity index (χ0n) is 9.08. The molecule has 0 heterocycles. The molecule has 2 rings (SSSR count). The maximum Gasteiger partial charge on any atom is 0.197 e. The predicted molar refractivity (Wildman–Crippen MR) is 68.3 cm³/mol. The smallest absolute Gasteiger partial charge is 0.197 e. The Hall–Kier alpha value is -1.75. The molecule has 0 radical (unpaired) electrons. The number of rotatable bonds is 2. The molecule has 0 amide bonds. The molecule has 2 N–H and O–H groups in total. The molecule has 0 aliphatic heterocycles. The average Bonchev–Trinajstić information content (AvgIpc) is 2.35. The largest absolute Gasteiger partial charge is 0.399 e. The summed E-state index contributed by atoms with van der Waals surface area (Å²) in [6.45, 7) is 0. The van der Waals surface area contributed by atoms with Crippen LogP contribution in [0.4, 0.5) is 14.5 Å². The number of nitrogen functional groups attached to an aromatic ring is 1. The van der Waals surface area contributed by atoms with E-state index in [1.54, 1.807) is 12.1 Å². The first-order valence-corrected chi connectivity index (χ1v) is 5.83. The lowest BCUT2D eigenvalue weighted by atomic mass is 10.0. The summed E-state index contributed by atoms with van der Waals surface area (Å²) >= 11 is 3.18. The van der Waals surface area contributed by atoms with Crippen LogP contribution in [0.2, 0.25) is 0 Å². The van der Waals surface area contributed by atoms with Gasteiger partial charge in [0, 0.05) is 15.7 Å². The molecule has 0 fully saturated rings. The maximum atomic E-state index is 13.5. The molecule has 0 unspecified atom stereocenters. The van der Waals surface area contributed by atoms with E-state index in [0.717, 1.165) is 6.07 Å². The van der Waals surface area contributed by atoms with Gasteiger partial charge in [-0.1, -0.05) is 22.0 Å². The Morgan fingerprint density at radius 1 is 1.11 bits per heavy atom. The van der Waals surface area contributed by atoms with Gasteiger partial charge in [-0.15, -0.1) is 0 Å². The molecule has 0 saturated carbocycles. The van der Waals surface area contributed by atoms with Crippen molar-refractivity contribution in [2.75, 3.05) is 5.73 Å². The van der Waals surface area contributed by atoms with Crippen molar-refractivity contribution in [3.63, 3.8) is 0 Å². The summed E-state index contributed by atoms with van der Waals surface area (Å²) < 4.78 is 27.1. The van der Waals surface area contributed by atoms with Crippen LogP contribution in [0.25, 0.3) is 0 Å². The molecule has 18 heavy (non-hydrogen) atoms. The van der Waals surface area contributed by atoms with Gasteiger partial charge in [0.25, 0.3) is 0 Å². The number of nitrogens with two attached hydrogens (primary N) is 1. The number of halogens is 3. The fourth-order valence-corrected chi connectivity index (χ4v) is 1.97. The molecule has 2 aromatic carbocycles. The first kappa shape index (κ1) is 12.7. The van der Waals surface area contributed by atoms with Gasteiger partial charge in [-0.25, -0.2) is 8.78 Å². The molecule has 92 valence electrons. The molecule has 0 atom stereocenters. The second kappa shape index (κ2) is 4.86. The van der Waals surface area contributed by atoms with E-state index < -0.39 is 17.4 Å². The van der Waals surface area contributed by atoms with E-state index in [-0.39, 0.29) is 11.1 Å². The van der Waals surface area contributed by atoms with Crippen LogP contribution < -0.4 is 5.73 Å². The average molecular weight is 312 g/mol. The van der Waals surface area contributed by atoms with Gasteiger partial charge >= 0.3 is 0 Å². The first-order chi connectivity index (χ1) is 8.50. The van der Waals surface area contributed by atoms with Gasteiger partial charge in [-0.2, -0.15) is 0 Å². The van der Waals surface area contributed by atoms with Gasteiger partial charge in [0.2, 0.25) is 0 Å². The van der Waals surface area contributed by atoms with Gasteiger partial charge in [0.05, 0.1) is 5.56 Å². The molecular formula is C13H8BrF2NO. The number of carbonyl (C=O) groups excluding carboxylic acids is 1. The van der Waals surface area contributed by atoms with E-state index in [9.17, 15) is 13.6 Å². The summed E-state index contributed by atoms with van der Waals surface area (Å²) in [6, 6.07) is 8.07. The Morgan fingerprint density at radius 3 is 2.56 bits per heavy atom. The molecular weight excluding hydrogens is 304 g/mol. The van der Waals surface area contributed by atoms with Gasteiger partial charge < -0.3 is 5.73 Å². The maximum absolute atomic E-state index is 13.5. The number of carbonyl (C=O) groups is 1. The second-order valence-corrected chi connectivity index (χ2v) is 4.52. The van der Waals surface area contributed by atoms with E-state index in [1.807, 2.05) is 0 Å². The third kappa shape index (κ3) is 2.26. The van der Waals surface area contributed by atoms with E-state index in [0.29, 0.717) is 10.2 Å². The van der Waals surface area contributed by atoms with Crippen LogP contribution in [0.1, 0.15) is 15.9 Å². The van der Waals surface area contributed by atoms with Crippen LogP contribution >= 0.6 is 15.9 Å². The number of anilines is 1. The quantitative estimate of drug-likeness (QED) is 0.681. The lowest BCUT2D eigenvalue weighted by Gasteiger charge is -2.06. The Morgan fingerprint density at radius 2 is 1.83 bits per heavy atom. The van der Waals surface area contributed by atoms with E-state index in [4.69, 9.17) is 5.73 Å². The van der Waals surface area contributed by atoms with Crippen molar-refractivity contribution in [1.29, 1.82) is 0 Å². The number of ketones is 1. The third-order valence-corrected chi connectivity index (χ3v) is 3.12. The zero-order chi connectivity index (χ0) is 13.3. The molecule has 0 aromatic heterocycles. The lowest BCUT2D eigenvalue weighted by molar-refractivity contribution is 0.103. The van der Waals surface area contributed by atoms with Crippen molar-refractivity contribution in [2.24, 2.45) is 0 Å². The van der Waals surface area contributed by atoms with Gasteiger partial charge in [0.15, 0.2) is 17.4 Å². The molecule has 0 aliphatic carbocycles. The molecule has 0 bridgehead atoms. The molecule has 2 nitrogen and oxygen atoms in total. The molecule has 0 spiro atoms. The number of benzene rings is 2. The zero-order valence-corrected chi connectivity index (χ0v) is 10.7. The monoisotopic (exact) mass is 311 g/mol. The summed E-state index contributed by atoms with van der Waals surface area (Å²) in [4.78, 5) is 12.1. The van der Waals surface area contributed by atoms with Crippen molar-refractivity contribution in [3.8, 4) is 0 Å². The Balaban J connectivity index is 2.55. The van der Waals surface area contributed by atoms with Crippen molar-refractivity contribution >= 4 is 27.4 Å². The minimum absolute atomic E-state index is 0.194. The summed E-state index contributed by atoms with van der Waals surface area (Å²) in [5.41, 5.74) is 5.82. The summed E-state index contributed by atoms with van der Waals surface area (Å²) in [6.07, 6.45) is 0. The van der Waals surface area contributed by atoms with Crippen LogP contribution in [-0.2, 0) is 0 Å². The molecule has 5 heteroatoms. The highest BCUT2D eigenvalue weighted by Gasteiger charge is 2.18. The highest BCUT2D eigenvalue weighted by Crippen LogP contribution is 2.24. The van der Waals surface area contributed by atoms with Crippen molar-refractivity contribution in [2.45, 2.75) is 0 Å². The second-order valence-electron chi connectivity index (χ2n) is 3.67. The summed E-state index contributed by atoms with van der Waals surface area (Å²) in [5, 5.41) is 0. The minimum atomic E-state index is -1.16. The van der Waals surface area contributed by atoms with Crippen molar-refractivity contribution < 1.29 is 13.6 Å². The third-order valence-electron chi connectivity index (χ3n) is 2.43. The van der Waals surface area contributed by atoms with Crippen LogP contribution in [0.15, 0.2) is 40.9 Å². The number of hydrogen-bond donors (Lipinski definition) is 1. The SMILES string of the molecule is Nc1ccc(Br)c(C(=O)c2cccc(F)c2F)c1. The van der Waals surface area contributed by atoms with Gasteiger partial charge in [-0.3, -0.25) is 4.79 Å². The lowest BCUT2D eigenvalue weighted by Crippen LogP contribution is -2.07. The first-order valence-electron chi connectivity index (χ1n) is 5.04. The Bertz CT molecular complexity index is 624. The topological polar surface area (TPSA) is 43.1 Å². The van der Waals surface area contributed by atoms with E-state index in [1.165, 1.54) is 18.2 Å². The van der Waals surface area contributed by atoms with E-state index >= 15 is 0 Å². The normalized spacial score (nSPS) is 10.4. The minimum Gasteiger partial charge on any atom is -0.399 e. The van der Waals surface area contributed by atoms with Crippen molar-refractivity contribution in [1.82, 2.24) is 0 Å². The predicted octanol–water partition coefficient (Wildman–Crippen LogP) is 3.54. The van der Waals surface area contributed by atoms with Gasteiger partial charge in [0.1, 0.15) is 0 Å². The highest BCUT2D eigenvalue weighted by atomic mass is 79.9. The Labute approximate surface area is 111 Å². The van der Waals surface area contributed by atoms with Gasteiger partial charge in [-0.05, 0) is 30.3 Å². The van der Waals surface area contributed by atoms with Crippen molar-refractivity contribution in [3.05, 3.63) is 63.6 Å².